The molecule has 0 atom stereocenters. The van der Waals surface area contributed by atoms with Crippen LogP contribution in [0.15, 0.2) is 12.3 Å². The fourth-order valence-electron chi connectivity index (χ4n) is 1.19. The smallest absolute Gasteiger partial charge is 0.259 e. The normalized spacial score (nSPS) is 13.5. The molecule has 1 heterocycles. The SMILES string of the molecule is O=S(=O)(NCCc1ncc(C(F)(F)F)cc1Cl)C(F)(F)F. The van der Waals surface area contributed by atoms with Crippen LogP contribution < -0.4 is 4.72 Å². The van der Waals surface area contributed by atoms with Crippen LogP contribution in [0.4, 0.5) is 26.3 Å². The molecule has 0 saturated carbocycles. The Morgan fingerprint density at radius 1 is 1.19 bits per heavy atom. The zero-order valence-electron chi connectivity index (χ0n) is 9.89. The number of sulfonamides is 1. The lowest BCUT2D eigenvalue weighted by atomic mass is 10.2. The predicted molar refractivity (Wildman–Crippen MR) is 60.9 cm³/mol. The first kappa shape index (κ1) is 18.0. The standard InChI is InChI=1S/C9H7ClF6N2O2S/c10-6-3-5(8(11,12)13)4-17-7(6)1-2-18-21(19,20)9(14,15)16/h3-4,18H,1-2H2. The molecule has 0 spiro atoms. The molecule has 0 fully saturated rings. The van der Waals surface area contributed by atoms with Crippen LogP contribution in [0.25, 0.3) is 0 Å². The molecule has 1 rings (SSSR count). The number of nitrogens with one attached hydrogen (secondary N) is 1. The summed E-state index contributed by atoms with van der Waals surface area (Å²) < 4.78 is 95.6. The van der Waals surface area contributed by atoms with Gasteiger partial charge in [0.15, 0.2) is 0 Å². The largest absolute Gasteiger partial charge is 0.511 e. The van der Waals surface area contributed by atoms with E-state index in [1.165, 1.54) is 4.72 Å². The van der Waals surface area contributed by atoms with Crippen molar-refractivity contribution in [3.8, 4) is 0 Å². The quantitative estimate of drug-likeness (QED) is 0.844. The average molecular weight is 357 g/mol. The first-order chi connectivity index (χ1) is 9.34. The topological polar surface area (TPSA) is 59.1 Å². The van der Waals surface area contributed by atoms with Crippen molar-refractivity contribution in [3.63, 3.8) is 0 Å². The maximum absolute atomic E-state index is 12.3. The van der Waals surface area contributed by atoms with Crippen molar-refractivity contribution in [2.45, 2.75) is 18.1 Å². The summed E-state index contributed by atoms with van der Waals surface area (Å²) in [5.74, 6) is 0. The number of alkyl halides is 6. The number of halogens is 7. The molecule has 1 aromatic rings. The highest BCUT2D eigenvalue weighted by atomic mass is 35.5. The van der Waals surface area contributed by atoms with Gasteiger partial charge in [-0.2, -0.15) is 26.3 Å². The maximum Gasteiger partial charge on any atom is 0.511 e. The van der Waals surface area contributed by atoms with Crippen molar-refractivity contribution < 1.29 is 34.8 Å². The molecule has 1 N–H and O–H groups in total. The second kappa shape index (κ2) is 5.97. The Hall–Kier alpha value is -1.07. The van der Waals surface area contributed by atoms with Crippen molar-refractivity contribution in [1.29, 1.82) is 0 Å². The highest BCUT2D eigenvalue weighted by Gasteiger charge is 2.45. The Kier molecular flexibility index (Phi) is 5.11. The molecule has 0 aliphatic carbocycles. The Morgan fingerprint density at radius 3 is 2.19 bits per heavy atom. The molecule has 0 bridgehead atoms. The van der Waals surface area contributed by atoms with Crippen molar-refractivity contribution >= 4 is 21.6 Å². The highest BCUT2D eigenvalue weighted by Crippen LogP contribution is 2.31. The molecular formula is C9H7ClF6N2O2S. The van der Waals surface area contributed by atoms with Gasteiger partial charge >= 0.3 is 21.7 Å². The van der Waals surface area contributed by atoms with E-state index in [4.69, 9.17) is 11.6 Å². The molecule has 0 unspecified atom stereocenters. The van der Waals surface area contributed by atoms with Crippen LogP contribution in [0, 0.1) is 0 Å². The van der Waals surface area contributed by atoms with E-state index in [1.807, 2.05) is 0 Å². The lowest BCUT2D eigenvalue weighted by Gasteiger charge is -2.11. The molecular weight excluding hydrogens is 350 g/mol. The van der Waals surface area contributed by atoms with Crippen LogP contribution in [-0.2, 0) is 22.6 Å². The number of aromatic nitrogens is 1. The van der Waals surface area contributed by atoms with Crippen LogP contribution in [0.2, 0.25) is 5.02 Å². The summed E-state index contributed by atoms with van der Waals surface area (Å²) in [5, 5.41) is -0.420. The average Bonchev–Trinajstić information content (AvgIpc) is 2.28. The van der Waals surface area contributed by atoms with E-state index in [9.17, 15) is 34.8 Å². The van der Waals surface area contributed by atoms with E-state index < -0.39 is 45.3 Å². The minimum Gasteiger partial charge on any atom is -0.259 e. The van der Waals surface area contributed by atoms with Gasteiger partial charge in [-0.3, -0.25) is 4.98 Å². The van der Waals surface area contributed by atoms with E-state index >= 15 is 0 Å². The number of nitrogens with zero attached hydrogens (tertiary/aromatic N) is 1. The Morgan fingerprint density at radius 2 is 1.76 bits per heavy atom. The van der Waals surface area contributed by atoms with Gasteiger partial charge in [0.2, 0.25) is 0 Å². The third kappa shape index (κ3) is 4.71. The van der Waals surface area contributed by atoms with Gasteiger partial charge in [0.1, 0.15) is 0 Å². The fourth-order valence-corrected chi connectivity index (χ4v) is 1.99. The monoisotopic (exact) mass is 356 g/mol. The van der Waals surface area contributed by atoms with Crippen molar-refractivity contribution in [2.75, 3.05) is 6.54 Å². The summed E-state index contributed by atoms with van der Waals surface area (Å²) in [4.78, 5) is 3.36. The van der Waals surface area contributed by atoms with Gasteiger partial charge in [-0.1, -0.05) is 11.6 Å². The third-order valence-electron chi connectivity index (χ3n) is 2.20. The second-order valence-corrected chi connectivity index (χ2v) is 5.91. The van der Waals surface area contributed by atoms with E-state index in [0.717, 1.165) is 0 Å². The molecule has 12 heteroatoms. The molecule has 0 radical (unpaired) electrons. The van der Waals surface area contributed by atoms with Gasteiger partial charge in [-0.25, -0.2) is 13.1 Å². The Balaban J connectivity index is 2.74. The van der Waals surface area contributed by atoms with Crippen LogP contribution >= 0.6 is 11.6 Å². The lowest BCUT2D eigenvalue weighted by molar-refractivity contribution is -0.137. The highest BCUT2D eigenvalue weighted by molar-refractivity contribution is 7.90. The zero-order chi connectivity index (χ0) is 16.5. The number of hydrogen-bond donors (Lipinski definition) is 1. The molecule has 120 valence electrons. The van der Waals surface area contributed by atoms with Gasteiger partial charge in [-0.05, 0) is 6.07 Å². The van der Waals surface area contributed by atoms with Crippen molar-refractivity contribution in [2.24, 2.45) is 0 Å². The summed E-state index contributed by atoms with van der Waals surface area (Å²) >= 11 is 5.51. The molecule has 21 heavy (non-hydrogen) atoms. The molecule has 0 aliphatic rings. The number of rotatable bonds is 4. The zero-order valence-corrected chi connectivity index (χ0v) is 11.5. The van der Waals surface area contributed by atoms with Crippen LogP contribution in [0.1, 0.15) is 11.3 Å². The molecule has 1 aromatic heterocycles. The van der Waals surface area contributed by atoms with E-state index in [1.54, 1.807) is 0 Å². The fraction of sp³-hybridized carbons (Fsp3) is 0.444. The van der Waals surface area contributed by atoms with Gasteiger partial charge in [-0.15, -0.1) is 0 Å². The summed E-state index contributed by atoms with van der Waals surface area (Å²) in [7, 11) is -5.51. The first-order valence-corrected chi connectivity index (χ1v) is 6.98. The third-order valence-corrected chi connectivity index (χ3v) is 3.72. The molecule has 0 saturated heterocycles. The Labute approximate surface area is 120 Å². The van der Waals surface area contributed by atoms with E-state index in [-0.39, 0.29) is 5.69 Å². The van der Waals surface area contributed by atoms with Crippen LogP contribution in [-0.4, -0.2) is 25.5 Å². The lowest BCUT2D eigenvalue weighted by Crippen LogP contribution is -2.37. The summed E-state index contributed by atoms with van der Waals surface area (Å²) in [6.45, 7) is -0.708. The summed E-state index contributed by atoms with van der Waals surface area (Å²) in [6, 6.07) is 0.558. The molecule has 0 aromatic carbocycles. The van der Waals surface area contributed by atoms with Gasteiger partial charge in [0.05, 0.1) is 16.3 Å². The molecule has 0 amide bonds. The summed E-state index contributed by atoms with van der Waals surface area (Å²) in [5.41, 5.74) is -6.74. The second-order valence-electron chi connectivity index (χ2n) is 3.74. The molecule has 0 aliphatic heterocycles. The van der Waals surface area contributed by atoms with Crippen LogP contribution in [0.5, 0.6) is 0 Å². The summed E-state index contributed by atoms with van der Waals surface area (Å²) in [6.07, 6.45) is -4.60. The number of hydrogen-bond acceptors (Lipinski definition) is 3. The predicted octanol–water partition coefficient (Wildman–Crippen LogP) is 2.74. The Bertz CT molecular complexity index is 614. The molecule has 4 nitrogen and oxygen atoms in total. The van der Waals surface area contributed by atoms with E-state index in [2.05, 4.69) is 4.98 Å². The minimum absolute atomic E-state index is 0.158. The van der Waals surface area contributed by atoms with Crippen molar-refractivity contribution in [3.05, 3.63) is 28.5 Å². The maximum atomic E-state index is 12.3. The first-order valence-electron chi connectivity index (χ1n) is 5.12. The number of pyridine rings is 1. The minimum atomic E-state index is -5.51. The van der Waals surface area contributed by atoms with Gasteiger partial charge in [0.25, 0.3) is 0 Å². The van der Waals surface area contributed by atoms with Gasteiger partial charge < -0.3 is 0 Å². The van der Waals surface area contributed by atoms with Gasteiger partial charge in [0, 0.05) is 19.2 Å². The van der Waals surface area contributed by atoms with Crippen molar-refractivity contribution in [1.82, 2.24) is 9.71 Å². The van der Waals surface area contributed by atoms with E-state index in [0.29, 0.717) is 12.3 Å². The van der Waals surface area contributed by atoms with Crippen LogP contribution in [0.3, 0.4) is 0 Å².